The molecule has 0 aromatic heterocycles. The largest absolute Gasteiger partial charge is 0.480 e. The van der Waals surface area contributed by atoms with Gasteiger partial charge in [-0.1, -0.05) is 19.3 Å². The molecule has 1 fully saturated rings. The van der Waals surface area contributed by atoms with Gasteiger partial charge in [-0.05, 0) is 30.9 Å². The van der Waals surface area contributed by atoms with Crippen LogP contribution < -0.4 is 5.32 Å². The van der Waals surface area contributed by atoms with E-state index in [1.54, 1.807) is 0 Å². The van der Waals surface area contributed by atoms with Crippen molar-refractivity contribution in [2.75, 3.05) is 5.32 Å². The SMILES string of the molecule is O=C(O)C(Nc1ccc(F)cc1[N+](=O)[O-])C1CCCCC1. The Morgan fingerprint density at radius 2 is 2.05 bits per heavy atom. The van der Waals surface area contributed by atoms with Crippen LogP contribution in [0.1, 0.15) is 32.1 Å². The number of halogens is 1. The zero-order chi connectivity index (χ0) is 15.4. The molecule has 0 spiro atoms. The molecule has 7 heteroatoms. The molecule has 1 aliphatic carbocycles. The van der Waals surface area contributed by atoms with Crippen molar-refractivity contribution in [2.24, 2.45) is 5.92 Å². The Balaban J connectivity index is 2.24. The molecule has 1 atom stereocenters. The topological polar surface area (TPSA) is 92.5 Å². The van der Waals surface area contributed by atoms with Gasteiger partial charge in [-0.3, -0.25) is 10.1 Å². The monoisotopic (exact) mass is 296 g/mol. The Morgan fingerprint density at radius 3 is 2.62 bits per heavy atom. The molecule has 0 radical (unpaired) electrons. The second kappa shape index (κ2) is 6.51. The molecule has 2 rings (SSSR count). The third-order valence-electron chi connectivity index (χ3n) is 3.85. The lowest BCUT2D eigenvalue weighted by molar-refractivity contribution is -0.384. The highest BCUT2D eigenvalue weighted by molar-refractivity contribution is 5.79. The summed E-state index contributed by atoms with van der Waals surface area (Å²) in [6, 6.07) is 2.19. The third kappa shape index (κ3) is 3.68. The van der Waals surface area contributed by atoms with E-state index >= 15 is 0 Å². The number of nitro groups is 1. The van der Waals surface area contributed by atoms with E-state index in [4.69, 9.17) is 0 Å². The summed E-state index contributed by atoms with van der Waals surface area (Å²) in [5.74, 6) is -1.83. The van der Waals surface area contributed by atoms with E-state index in [0.717, 1.165) is 44.2 Å². The van der Waals surface area contributed by atoms with Crippen LogP contribution in [-0.2, 0) is 4.79 Å². The van der Waals surface area contributed by atoms with Gasteiger partial charge >= 0.3 is 5.97 Å². The highest BCUT2D eigenvalue weighted by Crippen LogP contribution is 2.31. The first-order valence-corrected chi connectivity index (χ1v) is 6.92. The van der Waals surface area contributed by atoms with E-state index < -0.39 is 28.4 Å². The number of aliphatic carboxylic acids is 1. The van der Waals surface area contributed by atoms with E-state index in [1.807, 2.05) is 0 Å². The average molecular weight is 296 g/mol. The minimum absolute atomic E-state index is 0.0411. The lowest BCUT2D eigenvalue weighted by Gasteiger charge is -2.28. The van der Waals surface area contributed by atoms with Gasteiger partial charge in [-0.2, -0.15) is 0 Å². The summed E-state index contributed by atoms with van der Waals surface area (Å²) in [5, 5.41) is 23.0. The number of nitro benzene ring substituents is 1. The Bertz CT molecular complexity index is 544. The van der Waals surface area contributed by atoms with Gasteiger partial charge in [0.25, 0.3) is 5.69 Å². The summed E-state index contributed by atoms with van der Waals surface area (Å²) in [6.45, 7) is 0. The van der Waals surface area contributed by atoms with Crippen molar-refractivity contribution < 1.29 is 19.2 Å². The zero-order valence-corrected chi connectivity index (χ0v) is 11.4. The minimum atomic E-state index is -1.04. The molecule has 0 amide bonds. The molecular formula is C14H17FN2O4. The Morgan fingerprint density at radius 1 is 1.38 bits per heavy atom. The maximum Gasteiger partial charge on any atom is 0.326 e. The number of hydrogen-bond donors (Lipinski definition) is 2. The van der Waals surface area contributed by atoms with E-state index in [2.05, 4.69) is 5.32 Å². The fourth-order valence-electron chi connectivity index (χ4n) is 2.79. The molecule has 1 aromatic carbocycles. The van der Waals surface area contributed by atoms with E-state index in [9.17, 15) is 24.4 Å². The van der Waals surface area contributed by atoms with Crippen molar-refractivity contribution in [2.45, 2.75) is 38.1 Å². The van der Waals surface area contributed by atoms with Crippen LogP contribution >= 0.6 is 0 Å². The summed E-state index contributed by atoms with van der Waals surface area (Å²) in [6.07, 6.45) is 4.56. The van der Waals surface area contributed by atoms with Crippen LogP contribution in [0.4, 0.5) is 15.8 Å². The van der Waals surface area contributed by atoms with Gasteiger partial charge in [-0.15, -0.1) is 0 Å². The van der Waals surface area contributed by atoms with Crippen molar-refractivity contribution in [1.82, 2.24) is 0 Å². The summed E-state index contributed by atoms with van der Waals surface area (Å²) < 4.78 is 13.1. The zero-order valence-electron chi connectivity index (χ0n) is 11.4. The first kappa shape index (κ1) is 15.2. The number of nitrogens with one attached hydrogen (secondary N) is 1. The molecule has 114 valence electrons. The summed E-state index contributed by atoms with van der Waals surface area (Å²) in [7, 11) is 0. The van der Waals surface area contributed by atoms with Crippen LogP contribution in [0.3, 0.4) is 0 Å². The Kier molecular flexibility index (Phi) is 4.72. The lowest BCUT2D eigenvalue weighted by Crippen LogP contribution is -2.38. The average Bonchev–Trinajstić information content (AvgIpc) is 2.46. The van der Waals surface area contributed by atoms with Gasteiger partial charge in [0.2, 0.25) is 0 Å². The Hall–Kier alpha value is -2.18. The number of carboxylic acids is 1. The normalized spacial score (nSPS) is 17.2. The smallest absolute Gasteiger partial charge is 0.326 e. The second-order valence-electron chi connectivity index (χ2n) is 5.28. The van der Waals surface area contributed by atoms with Gasteiger partial charge in [0.15, 0.2) is 0 Å². The summed E-state index contributed by atoms with van der Waals surface area (Å²) in [5.41, 5.74) is -0.406. The number of carbonyl (C=O) groups is 1. The molecule has 0 aliphatic heterocycles. The first-order valence-electron chi connectivity index (χ1n) is 6.92. The molecule has 1 aliphatic rings. The summed E-state index contributed by atoms with van der Waals surface area (Å²) >= 11 is 0. The third-order valence-corrected chi connectivity index (χ3v) is 3.85. The van der Waals surface area contributed by atoms with Crippen molar-refractivity contribution in [1.29, 1.82) is 0 Å². The number of carboxylic acid groups (broad SMARTS) is 1. The number of benzene rings is 1. The highest BCUT2D eigenvalue weighted by Gasteiger charge is 2.31. The number of rotatable bonds is 5. The maximum atomic E-state index is 13.1. The quantitative estimate of drug-likeness (QED) is 0.643. The standard InChI is InChI=1S/C14H17FN2O4/c15-10-6-7-11(12(8-10)17(20)21)16-13(14(18)19)9-4-2-1-3-5-9/h6-9,13,16H,1-5H2,(H,18,19). The molecule has 0 bridgehead atoms. The van der Waals surface area contributed by atoms with Crippen LogP contribution in [-0.4, -0.2) is 22.0 Å². The van der Waals surface area contributed by atoms with Crippen LogP contribution in [0.25, 0.3) is 0 Å². The first-order chi connectivity index (χ1) is 9.99. The van der Waals surface area contributed by atoms with Crippen LogP contribution in [0.2, 0.25) is 0 Å². The predicted molar refractivity (Wildman–Crippen MR) is 74.7 cm³/mol. The van der Waals surface area contributed by atoms with Gasteiger partial charge in [-0.25, -0.2) is 9.18 Å². The van der Waals surface area contributed by atoms with Gasteiger partial charge < -0.3 is 10.4 Å². The van der Waals surface area contributed by atoms with Gasteiger partial charge in [0.1, 0.15) is 17.5 Å². The molecule has 1 aromatic rings. The van der Waals surface area contributed by atoms with E-state index in [-0.39, 0.29) is 11.6 Å². The van der Waals surface area contributed by atoms with Gasteiger partial charge in [0, 0.05) is 0 Å². The molecule has 6 nitrogen and oxygen atoms in total. The number of hydrogen-bond acceptors (Lipinski definition) is 4. The minimum Gasteiger partial charge on any atom is -0.480 e. The second-order valence-corrected chi connectivity index (χ2v) is 5.28. The van der Waals surface area contributed by atoms with Gasteiger partial charge in [0.05, 0.1) is 11.0 Å². The molecular weight excluding hydrogens is 279 g/mol. The Labute approximate surface area is 121 Å². The maximum absolute atomic E-state index is 13.1. The fourth-order valence-corrected chi connectivity index (χ4v) is 2.79. The van der Waals surface area contributed by atoms with Crippen molar-refractivity contribution in [3.05, 3.63) is 34.1 Å². The number of nitrogens with zero attached hydrogens (tertiary/aromatic N) is 1. The fraction of sp³-hybridized carbons (Fsp3) is 0.500. The van der Waals surface area contributed by atoms with E-state index in [1.165, 1.54) is 6.07 Å². The van der Waals surface area contributed by atoms with Crippen LogP contribution in [0.15, 0.2) is 18.2 Å². The van der Waals surface area contributed by atoms with Crippen molar-refractivity contribution in [3.63, 3.8) is 0 Å². The number of anilines is 1. The highest BCUT2D eigenvalue weighted by atomic mass is 19.1. The molecule has 0 saturated heterocycles. The molecule has 1 unspecified atom stereocenters. The molecule has 0 heterocycles. The molecule has 1 saturated carbocycles. The van der Waals surface area contributed by atoms with Crippen molar-refractivity contribution >= 4 is 17.3 Å². The molecule has 2 N–H and O–H groups in total. The van der Waals surface area contributed by atoms with E-state index in [0.29, 0.717) is 0 Å². The molecule has 21 heavy (non-hydrogen) atoms. The van der Waals surface area contributed by atoms with Crippen LogP contribution in [0.5, 0.6) is 0 Å². The lowest BCUT2D eigenvalue weighted by atomic mass is 9.84. The van der Waals surface area contributed by atoms with Crippen LogP contribution in [0, 0.1) is 21.8 Å². The van der Waals surface area contributed by atoms with Crippen molar-refractivity contribution in [3.8, 4) is 0 Å². The predicted octanol–water partition coefficient (Wildman–Crippen LogP) is 3.18. The summed E-state index contributed by atoms with van der Waals surface area (Å²) in [4.78, 5) is 21.7.